The van der Waals surface area contributed by atoms with Crippen LogP contribution in [0.4, 0.5) is 75.9 Å². The van der Waals surface area contributed by atoms with Crippen LogP contribution >= 0.6 is 0 Å². The van der Waals surface area contributed by atoms with Crippen molar-refractivity contribution in [3.05, 3.63) is 146 Å². The van der Waals surface area contributed by atoms with E-state index in [2.05, 4.69) is 47.0 Å². The number of aryl methyl sites for hydroxylation is 3. The maximum absolute atomic E-state index is 15.3. The van der Waals surface area contributed by atoms with Gasteiger partial charge in [0.1, 0.15) is 35.1 Å². The molecule has 282 valence electrons. The van der Waals surface area contributed by atoms with Gasteiger partial charge in [-0.05, 0) is 20.8 Å². The van der Waals surface area contributed by atoms with Crippen LogP contribution < -0.4 is 26.8 Å². The third-order valence-corrected chi connectivity index (χ3v) is 8.51. The van der Waals surface area contributed by atoms with Crippen molar-refractivity contribution in [2.24, 2.45) is 0 Å². The van der Waals surface area contributed by atoms with Gasteiger partial charge >= 0.3 is 0 Å². The van der Waals surface area contributed by atoms with Gasteiger partial charge < -0.3 is 4.90 Å². The van der Waals surface area contributed by atoms with E-state index in [1.165, 1.54) is 27.3 Å². The van der Waals surface area contributed by atoms with Crippen molar-refractivity contribution in [3.8, 4) is 0 Å². The number of halogens is 16. The molecule has 0 aliphatic heterocycles. The van der Waals surface area contributed by atoms with Crippen molar-refractivity contribution < 1.29 is 75.1 Å². The fraction of sp³-hybridized carbons (Fsp3) is 0.143. The van der Waals surface area contributed by atoms with Crippen molar-refractivity contribution in [3.63, 3.8) is 0 Å². The zero-order chi connectivity index (χ0) is 40.2. The first-order valence-corrected chi connectivity index (χ1v) is 14.9. The average molecular weight is 771 g/mol. The second kappa shape index (κ2) is 14.8. The van der Waals surface area contributed by atoms with Crippen molar-refractivity contribution in [1.29, 1.82) is 0 Å². The largest absolute Gasteiger partial charge is 0.307 e. The van der Waals surface area contributed by atoms with Gasteiger partial charge in [-0.3, -0.25) is 0 Å². The molecule has 0 saturated carbocycles. The van der Waals surface area contributed by atoms with E-state index in [9.17, 15) is 35.1 Å². The summed E-state index contributed by atoms with van der Waals surface area (Å²) >= 11 is 0. The van der Waals surface area contributed by atoms with Crippen LogP contribution in [0.1, 0.15) is 16.7 Å². The summed E-state index contributed by atoms with van der Waals surface area (Å²) in [4.78, 5) is 1.41. The molecular formula is C35H22BF16N. The SMILES string of the molecule is Cc1cc(C)c([NH+](C)C)c(C)c1.Fc1cc(F)c([B-](c2c(F)cc(F)c(F)c2F)(c2c(F)cc(F)c(F)c2F)c2c(F)cc(F)c(F)c2F)c(F)c1F. The normalized spacial score (nSPS) is 11.7. The Morgan fingerprint density at radius 3 is 0.774 bits per heavy atom. The molecule has 0 amide bonds. The first-order chi connectivity index (χ1) is 24.5. The molecule has 0 saturated heterocycles. The molecule has 53 heavy (non-hydrogen) atoms. The molecule has 0 atom stereocenters. The van der Waals surface area contributed by atoms with Crippen LogP contribution in [0.2, 0.25) is 0 Å². The second-order valence-corrected chi connectivity index (χ2v) is 12.2. The number of hydrogen-bond donors (Lipinski definition) is 1. The first-order valence-electron chi connectivity index (χ1n) is 14.9. The number of hydrogen-bond acceptors (Lipinski definition) is 0. The van der Waals surface area contributed by atoms with Gasteiger partial charge in [0.2, 0.25) is 0 Å². The lowest BCUT2D eigenvalue weighted by molar-refractivity contribution is -0.787. The minimum absolute atomic E-state index is 0.731. The zero-order valence-corrected chi connectivity index (χ0v) is 27.6. The third-order valence-electron chi connectivity index (χ3n) is 8.51. The molecule has 0 heterocycles. The molecule has 0 spiro atoms. The standard InChI is InChI=1S/C24H4BF16.C11H17N/c26-5-1-9(30)17(34)21(38)13(5)25(14-6(27)2-10(31)18(35)22(14)39,15-7(28)3-11(32)19(36)23(15)40)16-8(29)4-12(33)20(37)24(16)41;1-8-6-9(2)11(12(4)5)10(3)7-8/h1-4H;6-7H,1-5H3/q-1;/p+1. The maximum atomic E-state index is 15.3. The number of nitrogens with one attached hydrogen (secondary N) is 1. The molecule has 0 radical (unpaired) electrons. The van der Waals surface area contributed by atoms with Gasteiger partial charge in [0.25, 0.3) is 0 Å². The van der Waals surface area contributed by atoms with Crippen LogP contribution in [-0.4, -0.2) is 20.2 Å². The molecule has 0 aliphatic carbocycles. The smallest absolute Gasteiger partial charge is 0.191 e. The lowest BCUT2D eigenvalue weighted by Gasteiger charge is -2.44. The molecule has 5 aromatic carbocycles. The van der Waals surface area contributed by atoms with E-state index in [0.29, 0.717) is 0 Å². The molecule has 0 aliphatic rings. The summed E-state index contributed by atoms with van der Waals surface area (Å²) in [7, 11) is 4.34. The van der Waals surface area contributed by atoms with Crippen molar-refractivity contribution in [2.75, 3.05) is 14.1 Å². The molecule has 5 rings (SSSR count). The summed E-state index contributed by atoms with van der Waals surface area (Å²) in [5, 5.41) is 0. The molecule has 1 nitrogen and oxygen atoms in total. The fourth-order valence-corrected chi connectivity index (χ4v) is 6.74. The van der Waals surface area contributed by atoms with Crippen LogP contribution in [0.5, 0.6) is 0 Å². The molecule has 0 fully saturated rings. The summed E-state index contributed by atoms with van der Waals surface area (Å²) in [6, 6.07) is 1.57. The van der Waals surface area contributed by atoms with E-state index in [-0.39, 0.29) is 0 Å². The van der Waals surface area contributed by atoms with Gasteiger partial charge in [-0.1, -0.05) is 17.7 Å². The lowest BCUT2D eigenvalue weighted by Crippen LogP contribution is -3.00. The number of quaternary nitrogens is 1. The molecule has 0 unspecified atom stereocenters. The topological polar surface area (TPSA) is 4.44 Å². The van der Waals surface area contributed by atoms with E-state index < -0.39 is 145 Å². The van der Waals surface area contributed by atoms with Crippen LogP contribution in [0.3, 0.4) is 0 Å². The Labute approximate surface area is 290 Å². The van der Waals surface area contributed by atoms with E-state index in [1.807, 2.05) is 0 Å². The van der Waals surface area contributed by atoms with Gasteiger partial charge in [0, 0.05) is 35.4 Å². The maximum Gasteiger partial charge on any atom is 0.191 e. The highest BCUT2D eigenvalue weighted by Gasteiger charge is 2.49. The lowest BCUT2D eigenvalue weighted by atomic mass is 9.12. The Hall–Kier alpha value is -5.00. The van der Waals surface area contributed by atoms with E-state index in [0.717, 1.165) is 0 Å². The van der Waals surface area contributed by atoms with E-state index in [1.54, 1.807) is 0 Å². The minimum atomic E-state index is -6.18. The molecule has 0 aromatic heterocycles. The Balaban J connectivity index is 0.000000443. The predicted octanol–water partition coefficient (Wildman–Crippen LogP) is 6.68. The van der Waals surface area contributed by atoms with Crippen molar-refractivity contribution in [2.45, 2.75) is 20.8 Å². The Kier molecular flexibility index (Phi) is 11.4. The Bertz CT molecular complexity index is 2010. The Morgan fingerprint density at radius 1 is 0.340 bits per heavy atom. The molecule has 18 heteroatoms. The molecule has 0 bridgehead atoms. The van der Waals surface area contributed by atoms with Crippen LogP contribution in [0.25, 0.3) is 0 Å². The number of rotatable bonds is 5. The van der Waals surface area contributed by atoms with Crippen LogP contribution in [0.15, 0.2) is 36.4 Å². The summed E-state index contributed by atoms with van der Waals surface area (Å²) in [6.07, 6.45) is -6.18. The summed E-state index contributed by atoms with van der Waals surface area (Å²) in [5.41, 5.74) is -5.36. The molecular weight excluding hydrogens is 749 g/mol. The van der Waals surface area contributed by atoms with Crippen molar-refractivity contribution >= 4 is 33.7 Å². The van der Waals surface area contributed by atoms with Crippen molar-refractivity contribution in [1.82, 2.24) is 0 Å². The number of benzene rings is 5. The van der Waals surface area contributed by atoms with Crippen LogP contribution in [0, 0.1) is 114 Å². The Morgan fingerprint density at radius 2 is 0.566 bits per heavy atom. The molecule has 5 aromatic rings. The van der Waals surface area contributed by atoms with Gasteiger partial charge in [-0.15, -0.1) is 21.9 Å². The third kappa shape index (κ3) is 6.72. The quantitative estimate of drug-likeness (QED) is 0.0882. The average Bonchev–Trinajstić information content (AvgIpc) is 3.03. The second-order valence-electron chi connectivity index (χ2n) is 12.2. The fourth-order valence-electron chi connectivity index (χ4n) is 6.74. The molecule has 1 N–H and O–H groups in total. The minimum Gasteiger partial charge on any atom is -0.307 e. The highest BCUT2D eigenvalue weighted by atomic mass is 19.2. The van der Waals surface area contributed by atoms with Gasteiger partial charge in [0.15, 0.2) is 46.5 Å². The monoisotopic (exact) mass is 771 g/mol. The van der Waals surface area contributed by atoms with Gasteiger partial charge in [-0.2, -0.15) is 0 Å². The van der Waals surface area contributed by atoms with Crippen LogP contribution in [-0.2, 0) is 0 Å². The van der Waals surface area contributed by atoms with E-state index in [4.69, 9.17) is 0 Å². The highest BCUT2D eigenvalue weighted by Crippen LogP contribution is 2.27. The van der Waals surface area contributed by atoms with E-state index >= 15 is 35.1 Å². The van der Waals surface area contributed by atoms with Gasteiger partial charge in [0.05, 0.1) is 37.4 Å². The summed E-state index contributed by atoms with van der Waals surface area (Å²) in [6.45, 7) is 6.51. The van der Waals surface area contributed by atoms with Gasteiger partial charge in [-0.25, -0.2) is 70.2 Å². The summed E-state index contributed by atoms with van der Waals surface area (Å²) in [5.74, 6) is -45.1. The predicted molar refractivity (Wildman–Crippen MR) is 163 cm³/mol. The zero-order valence-electron chi connectivity index (χ0n) is 27.6. The highest BCUT2D eigenvalue weighted by molar-refractivity contribution is 7.20. The first kappa shape index (κ1) is 40.8. The summed E-state index contributed by atoms with van der Waals surface area (Å²) < 4.78 is 235.